The molecule has 0 aromatic carbocycles. The van der Waals surface area contributed by atoms with Crippen LogP contribution in [-0.2, 0) is 9.47 Å². The van der Waals surface area contributed by atoms with Gasteiger partial charge < -0.3 is 40.7 Å². The minimum Gasteiger partial charge on any atom is -0.396 e. The zero-order chi connectivity index (χ0) is 24.6. The van der Waals surface area contributed by atoms with E-state index in [2.05, 4.69) is 13.8 Å². The fourth-order valence-electron chi connectivity index (χ4n) is 9.14. The van der Waals surface area contributed by atoms with E-state index in [1.807, 2.05) is 0 Å². The van der Waals surface area contributed by atoms with Gasteiger partial charge in [-0.3, -0.25) is 0 Å². The Kier molecular flexibility index (Phi) is 6.42. The Labute approximate surface area is 202 Å². The van der Waals surface area contributed by atoms with Crippen LogP contribution in [0.4, 0.5) is 0 Å². The Hall–Kier alpha value is -0.320. The van der Waals surface area contributed by atoms with Gasteiger partial charge in [0.25, 0.3) is 0 Å². The van der Waals surface area contributed by atoms with Crippen LogP contribution in [0.15, 0.2) is 0 Å². The molecule has 5 aliphatic rings. The lowest BCUT2D eigenvalue weighted by atomic mass is 9.42. The van der Waals surface area contributed by atoms with Gasteiger partial charge in [-0.2, -0.15) is 0 Å². The van der Waals surface area contributed by atoms with Gasteiger partial charge in [0.05, 0.1) is 18.3 Å². The Morgan fingerprint density at radius 3 is 2.35 bits per heavy atom. The van der Waals surface area contributed by atoms with Gasteiger partial charge in [-0.1, -0.05) is 13.8 Å². The molecule has 196 valence electrons. The quantitative estimate of drug-likeness (QED) is 0.325. The summed E-state index contributed by atoms with van der Waals surface area (Å²) in [7, 11) is 0. The lowest BCUT2D eigenvalue weighted by molar-refractivity contribution is -0.310. The van der Waals surface area contributed by atoms with Gasteiger partial charge >= 0.3 is 0 Å². The summed E-state index contributed by atoms with van der Waals surface area (Å²) in [5, 5.41) is 51.9. The molecule has 2 unspecified atom stereocenters. The summed E-state index contributed by atoms with van der Waals surface area (Å²) in [6.07, 6.45) is 1.34. The maximum absolute atomic E-state index is 11.4. The highest BCUT2D eigenvalue weighted by atomic mass is 16.7. The smallest absolute Gasteiger partial charge is 0.186 e. The van der Waals surface area contributed by atoms with Crippen molar-refractivity contribution in [2.24, 2.45) is 40.2 Å². The number of hydrogen-bond donors (Lipinski definition) is 6. The summed E-state index contributed by atoms with van der Waals surface area (Å²) in [6.45, 7) is 6.24. The molecule has 4 saturated carbocycles. The van der Waals surface area contributed by atoms with Crippen LogP contribution in [0.2, 0.25) is 0 Å². The molecular weight excluding hydrogens is 438 g/mol. The number of nitrogens with two attached hydrogens (primary N) is 1. The van der Waals surface area contributed by atoms with Crippen molar-refractivity contribution < 1.29 is 35.0 Å². The number of rotatable bonds is 3. The fraction of sp³-hybridized carbons (Fsp3) is 1.00. The highest BCUT2D eigenvalue weighted by Crippen LogP contribution is 2.68. The lowest BCUT2D eigenvalue weighted by Gasteiger charge is -2.65. The van der Waals surface area contributed by atoms with Gasteiger partial charge in [0.1, 0.15) is 18.3 Å². The number of aliphatic hydroxyl groups is 5. The number of hydrogen-bond acceptors (Lipinski definition) is 8. The second kappa shape index (κ2) is 8.62. The van der Waals surface area contributed by atoms with Gasteiger partial charge in [-0.25, -0.2) is 0 Å². The van der Waals surface area contributed by atoms with Crippen molar-refractivity contribution >= 4 is 0 Å². The molecule has 34 heavy (non-hydrogen) atoms. The molecule has 4 aliphatic carbocycles. The van der Waals surface area contributed by atoms with Crippen molar-refractivity contribution in [1.29, 1.82) is 0 Å². The van der Waals surface area contributed by atoms with Crippen LogP contribution in [0.25, 0.3) is 0 Å². The van der Waals surface area contributed by atoms with Crippen LogP contribution in [0.3, 0.4) is 0 Å². The van der Waals surface area contributed by atoms with Crippen LogP contribution >= 0.6 is 0 Å². The van der Waals surface area contributed by atoms with Crippen LogP contribution in [-0.4, -0.2) is 80.6 Å². The monoisotopic (exact) mass is 483 g/mol. The molecule has 0 spiro atoms. The van der Waals surface area contributed by atoms with Crippen molar-refractivity contribution in [1.82, 2.24) is 0 Å². The van der Waals surface area contributed by atoms with E-state index >= 15 is 0 Å². The van der Waals surface area contributed by atoms with E-state index in [-0.39, 0.29) is 24.0 Å². The first-order valence-electron chi connectivity index (χ1n) is 13.4. The second-order valence-corrected chi connectivity index (χ2v) is 12.7. The molecule has 1 saturated heterocycles. The maximum Gasteiger partial charge on any atom is 0.186 e. The highest BCUT2D eigenvalue weighted by molar-refractivity contribution is 5.21. The molecule has 1 aliphatic heterocycles. The van der Waals surface area contributed by atoms with E-state index in [9.17, 15) is 25.5 Å². The summed E-state index contributed by atoms with van der Waals surface area (Å²) in [4.78, 5) is 0. The minimum absolute atomic E-state index is 0.0568. The van der Waals surface area contributed by atoms with Gasteiger partial charge in [0.2, 0.25) is 0 Å². The zero-order valence-corrected chi connectivity index (χ0v) is 20.8. The van der Waals surface area contributed by atoms with E-state index in [0.29, 0.717) is 17.8 Å². The van der Waals surface area contributed by atoms with E-state index in [1.54, 1.807) is 6.92 Å². The van der Waals surface area contributed by atoms with Crippen molar-refractivity contribution in [3.05, 3.63) is 0 Å². The lowest BCUT2D eigenvalue weighted by Crippen LogP contribution is -2.70. The van der Waals surface area contributed by atoms with Crippen molar-refractivity contribution in [2.45, 2.75) is 121 Å². The molecule has 0 amide bonds. The van der Waals surface area contributed by atoms with Gasteiger partial charge in [0, 0.05) is 17.6 Å². The van der Waals surface area contributed by atoms with Crippen molar-refractivity contribution in [3.63, 3.8) is 0 Å². The Morgan fingerprint density at radius 1 is 0.912 bits per heavy atom. The first-order valence-corrected chi connectivity index (χ1v) is 13.4. The summed E-state index contributed by atoms with van der Waals surface area (Å²) in [5.74, 6) is 1.17. The number of fused-ring (bicyclic) bond motifs is 5. The molecule has 0 aromatic heterocycles. The summed E-state index contributed by atoms with van der Waals surface area (Å²) in [5.41, 5.74) is 6.38. The summed E-state index contributed by atoms with van der Waals surface area (Å²) < 4.78 is 11.9. The SMILES string of the molecule is C[C@@H]1O[C@@H](O[C@@H]2CC[C@]3(C)C4C[C@H](O)[C@]5(C)[C@H](CO)CC[C@@]5(N)C4CC[C@H]3C2)[C@H](O)[C@H](O)[C@H]1O. The average molecular weight is 484 g/mol. The van der Waals surface area contributed by atoms with Crippen molar-refractivity contribution in [3.8, 4) is 0 Å². The molecule has 8 nitrogen and oxygen atoms in total. The molecule has 5 rings (SSSR count). The van der Waals surface area contributed by atoms with Gasteiger partial charge in [0.15, 0.2) is 6.29 Å². The topological polar surface area (TPSA) is 146 Å². The van der Waals surface area contributed by atoms with Crippen LogP contribution in [0, 0.1) is 34.5 Å². The maximum atomic E-state index is 11.4. The normalized spacial score (nSPS) is 59.7. The Morgan fingerprint density at radius 2 is 1.65 bits per heavy atom. The van der Waals surface area contributed by atoms with E-state index in [4.69, 9.17) is 15.2 Å². The largest absolute Gasteiger partial charge is 0.396 e. The third-order valence-electron chi connectivity index (χ3n) is 11.6. The molecule has 7 N–H and O–H groups in total. The predicted octanol–water partition coefficient (Wildman–Crippen LogP) is 0.902. The second-order valence-electron chi connectivity index (χ2n) is 12.7. The van der Waals surface area contributed by atoms with E-state index < -0.39 is 47.8 Å². The summed E-state index contributed by atoms with van der Waals surface area (Å²) >= 11 is 0. The summed E-state index contributed by atoms with van der Waals surface area (Å²) in [6, 6.07) is 0. The predicted molar refractivity (Wildman–Crippen MR) is 124 cm³/mol. The number of ether oxygens (including phenoxy) is 2. The van der Waals surface area contributed by atoms with E-state index in [0.717, 1.165) is 51.4 Å². The third-order valence-corrected chi connectivity index (χ3v) is 11.6. The minimum atomic E-state index is -1.29. The molecule has 8 heteroatoms. The van der Waals surface area contributed by atoms with E-state index in [1.165, 1.54) is 0 Å². The molecule has 0 radical (unpaired) electrons. The standard InChI is InChI=1S/C26H45NO7/c1-13-20(30)21(31)22(32)23(33-13)34-16-7-8-24(2)14(10-16)4-5-17-18(24)11-19(29)25(3)15(12-28)6-9-26(17,25)27/h13-23,28-32H,4-12,27H2,1-3H3/t13-,14-,15-,16+,17?,18?,19-,20-,21+,22+,23-,24-,25-,26+/m0/s1. The van der Waals surface area contributed by atoms with Gasteiger partial charge in [-0.05, 0) is 87.4 Å². The average Bonchev–Trinajstić information content (AvgIpc) is 3.09. The molecule has 0 bridgehead atoms. The molecule has 0 aromatic rings. The van der Waals surface area contributed by atoms with Crippen LogP contribution < -0.4 is 5.73 Å². The van der Waals surface area contributed by atoms with Crippen LogP contribution in [0.5, 0.6) is 0 Å². The zero-order valence-electron chi connectivity index (χ0n) is 20.8. The molecule has 1 heterocycles. The molecule has 5 fully saturated rings. The fourth-order valence-corrected chi connectivity index (χ4v) is 9.14. The Balaban J connectivity index is 1.31. The third kappa shape index (κ3) is 3.40. The number of aliphatic hydroxyl groups excluding tert-OH is 5. The van der Waals surface area contributed by atoms with Crippen LogP contribution in [0.1, 0.15) is 72.1 Å². The highest BCUT2D eigenvalue weighted by Gasteiger charge is 2.69. The first-order chi connectivity index (χ1) is 16.0. The van der Waals surface area contributed by atoms with Gasteiger partial charge in [-0.15, -0.1) is 0 Å². The Bertz CT molecular complexity index is 769. The van der Waals surface area contributed by atoms with Crippen molar-refractivity contribution in [2.75, 3.05) is 6.61 Å². The molecular formula is C26H45NO7. The first kappa shape index (κ1) is 25.3. The molecule has 14 atom stereocenters.